The van der Waals surface area contributed by atoms with E-state index in [9.17, 15) is 22.8 Å². The van der Waals surface area contributed by atoms with Crippen molar-refractivity contribution in [2.75, 3.05) is 5.32 Å². The van der Waals surface area contributed by atoms with Gasteiger partial charge in [0.05, 0.1) is 16.8 Å². The minimum atomic E-state index is -1.12. The van der Waals surface area contributed by atoms with Crippen LogP contribution in [0.2, 0.25) is 0 Å². The Morgan fingerprint density at radius 1 is 1.00 bits per heavy atom. The molecule has 2 aromatic carbocycles. The number of carbonyl (C=O) groups is 2. The molecule has 1 heterocycles. The fraction of sp³-hybridized carbons (Fsp3) is 0.292. The van der Waals surface area contributed by atoms with Gasteiger partial charge >= 0.3 is 0 Å². The summed E-state index contributed by atoms with van der Waals surface area (Å²) < 4.78 is 43.1. The van der Waals surface area contributed by atoms with E-state index in [4.69, 9.17) is 0 Å². The van der Waals surface area contributed by atoms with Gasteiger partial charge in [-0.25, -0.2) is 18.6 Å². The second-order valence-corrected chi connectivity index (χ2v) is 8.48. The number of rotatable bonds is 5. The van der Waals surface area contributed by atoms with Crippen molar-refractivity contribution in [2.45, 2.75) is 39.5 Å². The van der Waals surface area contributed by atoms with Gasteiger partial charge in [0.1, 0.15) is 5.82 Å². The molecule has 0 bridgehead atoms. The third-order valence-electron chi connectivity index (χ3n) is 5.88. The number of hydrazone groups is 1. The fourth-order valence-corrected chi connectivity index (χ4v) is 3.93. The highest BCUT2D eigenvalue weighted by molar-refractivity contribution is 6.19. The van der Waals surface area contributed by atoms with E-state index >= 15 is 0 Å². The molecular weight excluding hydrogens is 419 g/mol. The molecule has 1 amide bonds. The predicted octanol–water partition coefficient (Wildman–Crippen LogP) is 4.63. The van der Waals surface area contributed by atoms with Gasteiger partial charge in [-0.15, -0.1) is 0 Å². The lowest BCUT2D eigenvalue weighted by Crippen LogP contribution is -2.33. The summed E-state index contributed by atoms with van der Waals surface area (Å²) >= 11 is 0. The number of anilines is 1. The first kappa shape index (κ1) is 21.8. The Bertz CT molecular complexity index is 1170. The van der Waals surface area contributed by atoms with E-state index in [1.54, 1.807) is 26.0 Å². The first-order valence-electron chi connectivity index (χ1n) is 10.3. The molecule has 0 saturated heterocycles. The van der Waals surface area contributed by atoms with Gasteiger partial charge in [-0.1, -0.05) is 12.1 Å². The normalized spacial score (nSPS) is 18.0. The maximum Gasteiger partial charge on any atom is 0.251 e. The summed E-state index contributed by atoms with van der Waals surface area (Å²) in [5.74, 6) is -3.09. The third kappa shape index (κ3) is 3.92. The van der Waals surface area contributed by atoms with Crippen molar-refractivity contribution in [2.24, 2.45) is 10.5 Å². The van der Waals surface area contributed by atoms with Crippen LogP contribution in [-0.4, -0.2) is 17.4 Å². The quantitative estimate of drug-likeness (QED) is 0.711. The largest absolute Gasteiger partial charge is 0.356 e. The smallest absolute Gasteiger partial charge is 0.251 e. The van der Waals surface area contributed by atoms with E-state index in [2.05, 4.69) is 15.8 Å². The van der Waals surface area contributed by atoms with Crippen molar-refractivity contribution in [1.82, 2.24) is 5.43 Å². The van der Waals surface area contributed by atoms with E-state index < -0.39 is 23.0 Å². The van der Waals surface area contributed by atoms with Crippen LogP contribution in [0.4, 0.5) is 18.9 Å². The molecule has 1 aliphatic heterocycles. The number of nitrogens with zero attached hydrogens (tertiary/aromatic N) is 1. The van der Waals surface area contributed by atoms with Crippen molar-refractivity contribution < 1.29 is 22.8 Å². The van der Waals surface area contributed by atoms with Crippen LogP contribution in [0.25, 0.3) is 0 Å². The summed E-state index contributed by atoms with van der Waals surface area (Å²) in [7, 11) is 0. The number of Topliss-reactive ketones (excluding diaryl/α,β-unsaturated/α-hetero) is 1. The lowest BCUT2D eigenvalue weighted by Gasteiger charge is -2.22. The highest BCUT2D eigenvalue weighted by Gasteiger charge is 2.41. The molecule has 166 valence electrons. The van der Waals surface area contributed by atoms with E-state index in [0.717, 1.165) is 5.56 Å². The first-order chi connectivity index (χ1) is 15.2. The minimum Gasteiger partial charge on any atom is -0.356 e. The van der Waals surface area contributed by atoms with Crippen LogP contribution in [0.3, 0.4) is 0 Å². The lowest BCUT2D eigenvalue weighted by atomic mass is 9.83. The topological polar surface area (TPSA) is 70.6 Å². The second kappa shape index (κ2) is 8.26. The van der Waals surface area contributed by atoms with Gasteiger partial charge in [0.15, 0.2) is 17.4 Å². The average Bonchev–Trinajstić information content (AvgIpc) is 3.02. The number of ketones is 1. The van der Waals surface area contributed by atoms with E-state index in [-0.39, 0.29) is 35.0 Å². The van der Waals surface area contributed by atoms with Gasteiger partial charge < -0.3 is 5.32 Å². The summed E-state index contributed by atoms with van der Waals surface area (Å²) in [6.45, 7) is 3.16. The Hall–Kier alpha value is -3.42. The number of nitrogens with one attached hydrogen (secondary N) is 2. The number of benzene rings is 2. The van der Waals surface area contributed by atoms with Gasteiger partial charge in [-0.3, -0.25) is 9.59 Å². The molecule has 32 heavy (non-hydrogen) atoms. The van der Waals surface area contributed by atoms with Crippen molar-refractivity contribution in [3.05, 3.63) is 76.2 Å². The maximum absolute atomic E-state index is 15.0. The van der Waals surface area contributed by atoms with Crippen LogP contribution in [0, 0.1) is 22.9 Å². The van der Waals surface area contributed by atoms with E-state index in [1.807, 2.05) is 0 Å². The number of hydrogen-bond acceptors (Lipinski definition) is 4. The highest BCUT2D eigenvalue weighted by atomic mass is 19.2. The summed E-state index contributed by atoms with van der Waals surface area (Å²) in [5.41, 5.74) is 2.86. The molecule has 1 aliphatic carbocycles. The Balaban J connectivity index is 1.66. The molecule has 2 aromatic rings. The molecule has 0 unspecified atom stereocenters. The molecular formula is C24H22F3N3O2. The summed E-state index contributed by atoms with van der Waals surface area (Å²) in [6.07, 6.45) is 1.73. The molecule has 0 spiro atoms. The Morgan fingerprint density at radius 3 is 2.38 bits per heavy atom. The van der Waals surface area contributed by atoms with Gasteiger partial charge in [-0.2, -0.15) is 5.10 Å². The molecule has 0 aromatic heterocycles. The van der Waals surface area contributed by atoms with Gasteiger partial charge in [-0.05, 0) is 56.5 Å². The molecule has 0 saturated carbocycles. The number of allylic oxidation sites excluding steroid dienone is 2. The Kier molecular flexibility index (Phi) is 5.62. The zero-order valence-corrected chi connectivity index (χ0v) is 17.7. The van der Waals surface area contributed by atoms with Crippen molar-refractivity contribution in [1.29, 1.82) is 0 Å². The molecule has 0 fully saturated rings. The summed E-state index contributed by atoms with van der Waals surface area (Å²) in [4.78, 5) is 24.5. The van der Waals surface area contributed by atoms with E-state index in [0.29, 0.717) is 30.5 Å². The molecule has 5 nitrogen and oxygen atoms in total. The maximum atomic E-state index is 15.0. The third-order valence-corrected chi connectivity index (χ3v) is 5.88. The van der Waals surface area contributed by atoms with Gasteiger partial charge in [0.2, 0.25) is 0 Å². The Labute approximate surface area is 183 Å². The molecule has 2 aliphatic rings. The zero-order chi connectivity index (χ0) is 23.0. The van der Waals surface area contributed by atoms with Crippen LogP contribution in [0.1, 0.15) is 44.2 Å². The number of carbonyl (C=O) groups excluding carboxylic acids is 2. The van der Waals surface area contributed by atoms with Crippen LogP contribution in [0.5, 0.6) is 0 Å². The zero-order valence-electron chi connectivity index (χ0n) is 17.7. The monoisotopic (exact) mass is 441 g/mol. The van der Waals surface area contributed by atoms with Crippen LogP contribution in [0.15, 0.2) is 52.8 Å². The van der Waals surface area contributed by atoms with Crippen LogP contribution >= 0.6 is 0 Å². The van der Waals surface area contributed by atoms with E-state index in [1.165, 1.54) is 24.3 Å². The van der Waals surface area contributed by atoms with Crippen molar-refractivity contribution in [3.8, 4) is 0 Å². The van der Waals surface area contributed by atoms with Crippen molar-refractivity contribution in [3.63, 3.8) is 0 Å². The lowest BCUT2D eigenvalue weighted by molar-refractivity contribution is -0.125. The molecule has 0 atom stereocenters. The molecule has 4 rings (SSSR count). The number of amides is 1. The van der Waals surface area contributed by atoms with Crippen LogP contribution in [-0.2, 0) is 16.0 Å². The number of hydrogen-bond donors (Lipinski definition) is 2. The Morgan fingerprint density at radius 2 is 1.72 bits per heavy atom. The standard InChI is InChI=1S/C24H22F3N3O2/c1-24(2)22(29-30-23(24)32)15-10-11-18(21(27)20(15)26)28-17-4-3-5-19(31)16(17)12-13-6-8-14(25)9-7-13/h6-11,28H,3-5,12H2,1-2H3,(H,30,32). The average molecular weight is 441 g/mol. The summed E-state index contributed by atoms with van der Waals surface area (Å²) in [6, 6.07) is 8.56. The minimum absolute atomic E-state index is 0.0766. The predicted molar refractivity (Wildman–Crippen MR) is 114 cm³/mol. The highest BCUT2D eigenvalue weighted by Crippen LogP contribution is 2.33. The SMILES string of the molecule is CC1(C)C(=O)NN=C1c1ccc(NC2=C(Cc3ccc(F)cc3)C(=O)CCC2)c(F)c1F. The fourth-order valence-electron chi connectivity index (χ4n) is 3.93. The molecule has 8 heteroatoms. The van der Waals surface area contributed by atoms with Gasteiger partial charge in [0, 0.05) is 29.7 Å². The van der Waals surface area contributed by atoms with Gasteiger partial charge in [0.25, 0.3) is 5.91 Å². The second-order valence-electron chi connectivity index (χ2n) is 8.48. The molecule has 0 radical (unpaired) electrons. The van der Waals surface area contributed by atoms with Crippen molar-refractivity contribution >= 4 is 23.1 Å². The molecule has 2 N–H and O–H groups in total. The number of halogens is 3. The van der Waals surface area contributed by atoms with Crippen LogP contribution < -0.4 is 10.7 Å². The summed E-state index contributed by atoms with van der Waals surface area (Å²) in [5, 5.41) is 6.77. The first-order valence-corrected chi connectivity index (χ1v) is 10.3.